The minimum absolute atomic E-state index is 0.117. The molecule has 0 bridgehead atoms. The Bertz CT molecular complexity index is 860. The number of esters is 1. The number of ether oxygens (including phenoxy) is 1. The molecule has 2 aliphatic heterocycles. The monoisotopic (exact) mass is 477 g/mol. The molecule has 0 aromatic heterocycles. The van der Waals surface area contributed by atoms with Gasteiger partial charge in [-0.2, -0.15) is 0 Å². The highest BCUT2D eigenvalue weighted by Crippen LogP contribution is 2.41. The lowest BCUT2D eigenvalue weighted by Gasteiger charge is -2.49. The quantitative estimate of drug-likeness (QED) is 0.382. The molecule has 2 amide bonds. The van der Waals surface area contributed by atoms with Crippen LogP contribution < -0.4 is 11.1 Å². The molecular formula is C18H18Cl3N3O4S. The van der Waals surface area contributed by atoms with Gasteiger partial charge in [-0.15, -0.1) is 11.8 Å². The standard InChI is InChI=1S/C18H18Cl3N3O4S/c1-9-7-29-16-12(23-14(25)11(22)10-5-3-2-4-6-10)15(26)24(16)13(9)17(27)28-8-18(19,20)21/h2-6,11-12,16H,7-8,22H2,1H3,(H,23,25)/t11?,12?,16-/m0/s1. The van der Waals surface area contributed by atoms with Crippen molar-refractivity contribution in [1.82, 2.24) is 10.2 Å². The van der Waals surface area contributed by atoms with Gasteiger partial charge in [0.05, 0.1) is 0 Å². The zero-order valence-corrected chi connectivity index (χ0v) is 18.3. The minimum atomic E-state index is -1.75. The summed E-state index contributed by atoms with van der Waals surface area (Å²) in [4.78, 5) is 38.9. The topological polar surface area (TPSA) is 102 Å². The van der Waals surface area contributed by atoms with Gasteiger partial charge in [0.15, 0.2) is 0 Å². The van der Waals surface area contributed by atoms with Gasteiger partial charge < -0.3 is 15.8 Å². The Balaban J connectivity index is 1.68. The van der Waals surface area contributed by atoms with E-state index in [1.54, 1.807) is 31.2 Å². The molecule has 2 unspecified atom stereocenters. The van der Waals surface area contributed by atoms with E-state index in [9.17, 15) is 14.4 Å². The van der Waals surface area contributed by atoms with Crippen LogP contribution in [0.3, 0.4) is 0 Å². The number of rotatable bonds is 5. The van der Waals surface area contributed by atoms with Crippen LogP contribution in [0.15, 0.2) is 41.6 Å². The van der Waals surface area contributed by atoms with Crippen molar-refractivity contribution in [2.24, 2.45) is 5.73 Å². The van der Waals surface area contributed by atoms with Gasteiger partial charge in [-0.1, -0.05) is 65.1 Å². The van der Waals surface area contributed by atoms with E-state index in [2.05, 4.69) is 5.32 Å². The molecule has 156 valence electrons. The molecule has 7 nitrogen and oxygen atoms in total. The molecule has 1 aromatic carbocycles. The predicted molar refractivity (Wildman–Crippen MR) is 112 cm³/mol. The van der Waals surface area contributed by atoms with E-state index in [1.165, 1.54) is 16.7 Å². The van der Waals surface area contributed by atoms with Crippen molar-refractivity contribution in [1.29, 1.82) is 0 Å². The third-order valence-electron chi connectivity index (χ3n) is 4.46. The van der Waals surface area contributed by atoms with E-state index in [1.807, 2.05) is 6.07 Å². The molecule has 2 aliphatic rings. The average molecular weight is 479 g/mol. The summed E-state index contributed by atoms with van der Waals surface area (Å²) in [5, 5.41) is 2.24. The summed E-state index contributed by atoms with van der Waals surface area (Å²) in [5.41, 5.74) is 7.41. The Kier molecular flexibility index (Phi) is 6.70. The summed E-state index contributed by atoms with van der Waals surface area (Å²) >= 11 is 18.3. The van der Waals surface area contributed by atoms with Crippen molar-refractivity contribution in [3.63, 3.8) is 0 Å². The Morgan fingerprint density at radius 1 is 1.34 bits per heavy atom. The highest BCUT2D eigenvalue weighted by molar-refractivity contribution is 8.00. The van der Waals surface area contributed by atoms with Gasteiger partial charge in [-0.3, -0.25) is 14.5 Å². The first-order valence-corrected chi connectivity index (χ1v) is 10.8. The molecule has 1 fully saturated rings. The minimum Gasteiger partial charge on any atom is -0.456 e. The van der Waals surface area contributed by atoms with E-state index >= 15 is 0 Å². The van der Waals surface area contributed by atoms with Crippen LogP contribution in [0.2, 0.25) is 0 Å². The molecule has 2 heterocycles. The van der Waals surface area contributed by atoms with Crippen molar-refractivity contribution in [3.05, 3.63) is 47.2 Å². The normalized spacial score (nSPS) is 22.5. The first kappa shape index (κ1) is 22.2. The van der Waals surface area contributed by atoms with E-state index in [0.29, 0.717) is 16.9 Å². The maximum absolute atomic E-state index is 12.7. The van der Waals surface area contributed by atoms with Crippen molar-refractivity contribution in [2.45, 2.75) is 28.2 Å². The number of β-lactam (4-membered cyclic amide) rings is 1. The fourth-order valence-corrected chi connectivity index (χ4v) is 4.49. The van der Waals surface area contributed by atoms with Crippen LogP contribution in [-0.2, 0) is 19.1 Å². The molecule has 0 spiro atoms. The highest BCUT2D eigenvalue weighted by Gasteiger charge is 2.54. The van der Waals surface area contributed by atoms with E-state index in [4.69, 9.17) is 45.3 Å². The lowest BCUT2D eigenvalue weighted by atomic mass is 10.0. The van der Waals surface area contributed by atoms with E-state index < -0.39 is 45.6 Å². The zero-order chi connectivity index (χ0) is 21.3. The molecule has 1 aromatic rings. The Morgan fingerprint density at radius 3 is 2.62 bits per heavy atom. The van der Waals surface area contributed by atoms with Crippen LogP contribution in [0.4, 0.5) is 0 Å². The van der Waals surface area contributed by atoms with Gasteiger partial charge in [0, 0.05) is 5.75 Å². The number of nitrogens with two attached hydrogens (primary N) is 1. The van der Waals surface area contributed by atoms with Gasteiger partial charge >= 0.3 is 5.97 Å². The Labute approximate surface area is 186 Å². The molecule has 3 atom stereocenters. The lowest BCUT2D eigenvalue weighted by Crippen LogP contribution is -2.71. The molecular weight excluding hydrogens is 461 g/mol. The number of hydrogen-bond acceptors (Lipinski definition) is 6. The van der Waals surface area contributed by atoms with Gasteiger partial charge in [0.1, 0.15) is 29.8 Å². The number of nitrogens with one attached hydrogen (secondary N) is 1. The zero-order valence-electron chi connectivity index (χ0n) is 15.2. The van der Waals surface area contributed by atoms with Crippen molar-refractivity contribution in [2.75, 3.05) is 12.4 Å². The van der Waals surface area contributed by atoms with Crippen LogP contribution >= 0.6 is 46.6 Å². The molecule has 0 saturated carbocycles. The van der Waals surface area contributed by atoms with Gasteiger partial charge in [0.25, 0.3) is 5.91 Å². The average Bonchev–Trinajstić information content (AvgIpc) is 2.69. The molecule has 0 aliphatic carbocycles. The number of benzene rings is 1. The van der Waals surface area contributed by atoms with Crippen LogP contribution in [0, 0.1) is 0 Å². The van der Waals surface area contributed by atoms with Crippen LogP contribution in [-0.4, -0.2) is 50.3 Å². The largest absolute Gasteiger partial charge is 0.456 e. The molecule has 1 saturated heterocycles. The molecule has 11 heteroatoms. The number of hydrogen-bond donors (Lipinski definition) is 2. The second-order valence-corrected chi connectivity index (χ2v) is 10.2. The second kappa shape index (κ2) is 8.73. The Hall–Kier alpha value is -1.45. The molecule has 29 heavy (non-hydrogen) atoms. The number of nitrogens with zero attached hydrogens (tertiary/aromatic N) is 1. The molecule has 3 rings (SSSR count). The summed E-state index contributed by atoms with van der Waals surface area (Å²) in [6.45, 7) is 1.28. The number of halogens is 3. The smallest absolute Gasteiger partial charge is 0.355 e. The fraction of sp³-hybridized carbons (Fsp3) is 0.389. The van der Waals surface area contributed by atoms with Gasteiger partial charge in [-0.25, -0.2) is 4.79 Å². The first-order valence-electron chi connectivity index (χ1n) is 8.59. The van der Waals surface area contributed by atoms with Crippen molar-refractivity contribution < 1.29 is 19.1 Å². The Morgan fingerprint density at radius 2 is 2.00 bits per heavy atom. The highest BCUT2D eigenvalue weighted by atomic mass is 35.6. The summed E-state index contributed by atoms with van der Waals surface area (Å²) < 4.78 is 3.27. The van der Waals surface area contributed by atoms with Gasteiger partial charge in [-0.05, 0) is 18.1 Å². The number of amides is 2. The molecule has 0 radical (unpaired) electrons. The first-order chi connectivity index (χ1) is 13.6. The van der Waals surface area contributed by atoms with Crippen LogP contribution in [0.1, 0.15) is 18.5 Å². The summed E-state index contributed by atoms with van der Waals surface area (Å²) in [6.07, 6.45) is 0. The number of thioether (sulfide) groups is 1. The van der Waals surface area contributed by atoms with E-state index in [-0.39, 0.29) is 5.70 Å². The number of carbonyl (C=O) groups is 3. The SMILES string of the molecule is CC1=C(C(=O)OCC(Cl)(Cl)Cl)N2C(=O)C(NC(=O)C(N)c3ccccc3)[C@@H]2SC1. The predicted octanol–water partition coefficient (Wildman–Crippen LogP) is 2.27. The number of fused-ring (bicyclic) bond motifs is 1. The van der Waals surface area contributed by atoms with Gasteiger partial charge in [0.2, 0.25) is 9.70 Å². The summed E-state index contributed by atoms with van der Waals surface area (Å²) in [5.74, 6) is -1.15. The third kappa shape index (κ3) is 4.83. The van der Waals surface area contributed by atoms with Crippen molar-refractivity contribution in [3.8, 4) is 0 Å². The summed E-state index contributed by atoms with van der Waals surface area (Å²) in [7, 11) is 0. The fourth-order valence-electron chi connectivity index (χ4n) is 3.03. The number of carbonyl (C=O) groups excluding carboxylic acids is 3. The lowest BCUT2D eigenvalue weighted by molar-refractivity contribution is -0.153. The van der Waals surface area contributed by atoms with E-state index in [0.717, 1.165) is 0 Å². The molecule has 3 N–H and O–H groups in total. The summed E-state index contributed by atoms with van der Waals surface area (Å²) in [6, 6.07) is 7.15. The van der Waals surface area contributed by atoms with Crippen molar-refractivity contribution >= 4 is 64.3 Å². The van der Waals surface area contributed by atoms with Crippen LogP contribution in [0.5, 0.6) is 0 Å². The number of alkyl halides is 3. The van der Waals surface area contributed by atoms with Crippen LogP contribution in [0.25, 0.3) is 0 Å². The maximum atomic E-state index is 12.7. The second-order valence-electron chi connectivity index (χ2n) is 6.60. The maximum Gasteiger partial charge on any atom is 0.355 e. The third-order valence-corrected chi connectivity index (χ3v) is 6.21.